The molecule has 160 valence electrons. The zero-order chi connectivity index (χ0) is 22.4. The van der Waals surface area contributed by atoms with E-state index in [2.05, 4.69) is 15.5 Å². The Morgan fingerprint density at radius 3 is 2.77 bits per heavy atom. The van der Waals surface area contributed by atoms with Crippen LogP contribution in [0.1, 0.15) is 22.1 Å². The average Bonchev–Trinajstić information content (AvgIpc) is 3.17. The molecule has 0 unspecified atom stereocenters. The first kappa shape index (κ1) is 22.2. The number of anilines is 1. The minimum absolute atomic E-state index is 0.0442. The molecule has 1 N–H and O–H groups in total. The summed E-state index contributed by atoms with van der Waals surface area (Å²) in [6, 6.07) is 10.3. The second-order valence-corrected chi connectivity index (χ2v) is 7.49. The van der Waals surface area contributed by atoms with Gasteiger partial charge in [-0.15, -0.1) is 11.8 Å². The zero-order valence-electron chi connectivity index (χ0n) is 16.0. The van der Waals surface area contributed by atoms with E-state index in [9.17, 15) is 19.7 Å². The largest absolute Gasteiger partial charge is 0.452 e. The Kier molecular flexibility index (Phi) is 7.21. The molecule has 1 heterocycles. The Bertz CT molecular complexity index is 1140. The molecule has 10 nitrogen and oxygen atoms in total. The van der Waals surface area contributed by atoms with E-state index < -0.39 is 23.4 Å². The minimum atomic E-state index is -0.704. The lowest BCUT2D eigenvalue weighted by Crippen LogP contribution is -2.21. The molecule has 0 spiro atoms. The molecule has 0 atom stereocenters. The van der Waals surface area contributed by atoms with Gasteiger partial charge in [-0.1, -0.05) is 28.9 Å². The van der Waals surface area contributed by atoms with Crippen LogP contribution in [0.5, 0.6) is 0 Å². The van der Waals surface area contributed by atoms with Gasteiger partial charge in [0.2, 0.25) is 5.89 Å². The Morgan fingerprint density at radius 2 is 2.06 bits per heavy atom. The molecule has 0 bridgehead atoms. The number of benzene rings is 2. The SMILES string of the molecule is Cc1noc(CSc2ccccc2C(=O)OCC(=O)Nc2cc([N+](=O)[O-])ccc2Cl)n1. The van der Waals surface area contributed by atoms with Gasteiger partial charge >= 0.3 is 5.97 Å². The summed E-state index contributed by atoms with van der Waals surface area (Å²) in [6.45, 7) is 1.11. The zero-order valence-corrected chi connectivity index (χ0v) is 17.6. The number of nitro groups is 1. The van der Waals surface area contributed by atoms with Crippen molar-refractivity contribution in [2.75, 3.05) is 11.9 Å². The van der Waals surface area contributed by atoms with Gasteiger partial charge in [-0.3, -0.25) is 14.9 Å². The first-order valence-electron chi connectivity index (χ1n) is 8.75. The van der Waals surface area contributed by atoms with Crippen LogP contribution in [0.2, 0.25) is 5.02 Å². The van der Waals surface area contributed by atoms with E-state index in [-0.39, 0.29) is 22.0 Å². The van der Waals surface area contributed by atoms with Gasteiger partial charge < -0.3 is 14.6 Å². The van der Waals surface area contributed by atoms with Crippen molar-refractivity contribution >= 4 is 46.6 Å². The molecule has 0 aliphatic rings. The molecule has 0 aliphatic carbocycles. The predicted octanol–water partition coefficient (Wildman–Crippen LogP) is 4.03. The minimum Gasteiger partial charge on any atom is -0.452 e. The van der Waals surface area contributed by atoms with E-state index in [4.69, 9.17) is 20.9 Å². The fourth-order valence-corrected chi connectivity index (χ4v) is 3.46. The van der Waals surface area contributed by atoms with Crippen LogP contribution in [-0.4, -0.2) is 33.5 Å². The van der Waals surface area contributed by atoms with Crippen LogP contribution in [0.25, 0.3) is 0 Å². The van der Waals surface area contributed by atoms with Crippen LogP contribution in [0.3, 0.4) is 0 Å². The molecule has 0 saturated heterocycles. The number of hydrogen-bond donors (Lipinski definition) is 1. The summed E-state index contributed by atoms with van der Waals surface area (Å²) in [5.74, 6) is -0.110. The molecule has 0 aliphatic heterocycles. The number of aromatic nitrogens is 2. The highest BCUT2D eigenvalue weighted by Crippen LogP contribution is 2.28. The number of esters is 1. The first-order chi connectivity index (χ1) is 14.8. The van der Waals surface area contributed by atoms with Gasteiger partial charge in [0.25, 0.3) is 11.6 Å². The second-order valence-electron chi connectivity index (χ2n) is 6.07. The number of thioether (sulfide) groups is 1. The smallest absolute Gasteiger partial charge is 0.339 e. The highest BCUT2D eigenvalue weighted by atomic mass is 35.5. The Balaban J connectivity index is 1.60. The maximum absolute atomic E-state index is 12.5. The molecule has 0 saturated carbocycles. The van der Waals surface area contributed by atoms with Gasteiger partial charge in [0, 0.05) is 17.0 Å². The number of aryl methyl sites for hydroxylation is 1. The lowest BCUT2D eigenvalue weighted by molar-refractivity contribution is -0.384. The number of nitro benzene ring substituents is 1. The molecule has 1 aromatic heterocycles. The van der Waals surface area contributed by atoms with Crippen molar-refractivity contribution in [2.24, 2.45) is 0 Å². The molecular formula is C19H15ClN4O6S. The lowest BCUT2D eigenvalue weighted by atomic mass is 10.2. The van der Waals surface area contributed by atoms with Crippen LogP contribution in [-0.2, 0) is 15.3 Å². The topological polar surface area (TPSA) is 137 Å². The van der Waals surface area contributed by atoms with E-state index in [0.717, 1.165) is 6.07 Å². The fourth-order valence-electron chi connectivity index (χ4n) is 2.42. The second kappa shape index (κ2) is 10.0. The third-order valence-corrected chi connectivity index (χ3v) is 5.18. The Labute approximate surface area is 185 Å². The maximum atomic E-state index is 12.5. The fraction of sp³-hybridized carbons (Fsp3) is 0.158. The average molecular weight is 463 g/mol. The van der Waals surface area contributed by atoms with Gasteiger partial charge in [-0.25, -0.2) is 4.79 Å². The standard InChI is InChI=1S/C19H15ClN4O6S/c1-11-21-18(30-23-11)10-31-16-5-3-2-4-13(16)19(26)29-9-17(25)22-15-8-12(24(27)28)6-7-14(15)20/h2-8H,9-10H2,1H3,(H,22,25). The van der Waals surface area contributed by atoms with Gasteiger partial charge in [-0.05, 0) is 25.1 Å². The van der Waals surface area contributed by atoms with Crippen LogP contribution in [0.15, 0.2) is 51.9 Å². The molecule has 3 aromatic rings. The van der Waals surface area contributed by atoms with Crippen LogP contribution >= 0.6 is 23.4 Å². The number of halogens is 1. The molecule has 1 amide bonds. The van der Waals surface area contributed by atoms with E-state index in [1.54, 1.807) is 31.2 Å². The van der Waals surface area contributed by atoms with E-state index in [1.807, 2.05) is 0 Å². The molecule has 31 heavy (non-hydrogen) atoms. The van der Waals surface area contributed by atoms with Crippen molar-refractivity contribution in [3.63, 3.8) is 0 Å². The summed E-state index contributed by atoms with van der Waals surface area (Å²) in [6.07, 6.45) is 0. The summed E-state index contributed by atoms with van der Waals surface area (Å²) in [7, 11) is 0. The summed E-state index contributed by atoms with van der Waals surface area (Å²) in [5.41, 5.74) is 0.0757. The third-order valence-electron chi connectivity index (χ3n) is 3.80. The lowest BCUT2D eigenvalue weighted by Gasteiger charge is -2.10. The first-order valence-corrected chi connectivity index (χ1v) is 10.1. The normalized spacial score (nSPS) is 10.5. The molecule has 12 heteroatoms. The highest BCUT2D eigenvalue weighted by molar-refractivity contribution is 7.98. The quantitative estimate of drug-likeness (QED) is 0.227. The van der Waals surface area contributed by atoms with Crippen LogP contribution < -0.4 is 5.32 Å². The summed E-state index contributed by atoms with van der Waals surface area (Å²) in [5, 5.41) is 17.1. The summed E-state index contributed by atoms with van der Waals surface area (Å²) < 4.78 is 10.1. The third kappa shape index (κ3) is 6.03. The monoisotopic (exact) mass is 462 g/mol. The number of carbonyl (C=O) groups excluding carboxylic acids is 2. The molecular weight excluding hydrogens is 448 g/mol. The molecule has 2 aromatic carbocycles. The number of non-ortho nitro benzene ring substituents is 1. The molecule has 0 radical (unpaired) electrons. The van der Waals surface area contributed by atoms with Crippen molar-refractivity contribution in [1.29, 1.82) is 0 Å². The van der Waals surface area contributed by atoms with Crippen LogP contribution in [0, 0.1) is 17.0 Å². The number of amides is 1. The molecule has 0 fully saturated rings. The number of carbonyl (C=O) groups is 2. The number of nitrogens with zero attached hydrogens (tertiary/aromatic N) is 3. The van der Waals surface area contributed by atoms with E-state index >= 15 is 0 Å². The number of hydrogen-bond acceptors (Lipinski definition) is 9. The summed E-state index contributed by atoms with van der Waals surface area (Å²) in [4.78, 5) is 39.6. The van der Waals surface area contributed by atoms with Gasteiger partial charge in [0.1, 0.15) is 0 Å². The number of ether oxygens (including phenoxy) is 1. The van der Waals surface area contributed by atoms with E-state index in [0.29, 0.717) is 22.4 Å². The van der Waals surface area contributed by atoms with Gasteiger partial charge in [0.05, 0.1) is 26.9 Å². The Hall–Kier alpha value is -3.44. The van der Waals surface area contributed by atoms with Crippen LogP contribution in [0.4, 0.5) is 11.4 Å². The highest BCUT2D eigenvalue weighted by Gasteiger charge is 2.17. The molecule has 3 rings (SSSR count). The number of rotatable bonds is 8. The van der Waals surface area contributed by atoms with Crippen molar-refractivity contribution < 1.29 is 23.8 Å². The van der Waals surface area contributed by atoms with Gasteiger partial charge in [-0.2, -0.15) is 4.98 Å². The van der Waals surface area contributed by atoms with Crippen molar-refractivity contribution in [1.82, 2.24) is 10.1 Å². The summed E-state index contributed by atoms with van der Waals surface area (Å²) >= 11 is 7.25. The Morgan fingerprint density at radius 1 is 1.29 bits per heavy atom. The van der Waals surface area contributed by atoms with Crippen molar-refractivity contribution in [3.05, 3.63) is 74.9 Å². The van der Waals surface area contributed by atoms with Crippen molar-refractivity contribution in [3.8, 4) is 0 Å². The maximum Gasteiger partial charge on any atom is 0.339 e. The van der Waals surface area contributed by atoms with Crippen molar-refractivity contribution in [2.45, 2.75) is 17.6 Å². The van der Waals surface area contributed by atoms with E-state index in [1.165, 1.54) is 23.9 Å². The van der Waals surface area contributed by atoms with Gasteiger partial charge in [0.15, 0.2) is 12.4 Å². The number of nitrogens with one attached hydrogen (secondary N) is 1. The predicted molar refractivity (Wildman–Crippen MR) is 112 cm³/mol.